The van der Waals surface area contributed by atoms with E-state index in [0.717, 1.165) is 12.2 Å². The average Bonchev–Trinajstić information content (AvgIpc) is 2.28. The van der Waals surface area contributed by atoms with Crippen molar-refractivity contribution in [1.29, 1.82) is 0 Å². The third-order valence-corrected chi connectivity index (χ3v) is 3.25. The second-order valence-corrected chi connectivity index (χ2v) is 5.05. The number of hydrogen-bond donors (Lipinski definition) is 2. The second-order valence-electron chi connectivity index (χ2n) is 4.02. The lowest BCUT2D eigenvalue weighted by Crippen LogP contribution is -2.51. The molecule has 5 nitrogen and oxygen atoms in total. The quantitative estimate of drug-likeness (QED) is 0.717. The van der Waals surface area contributed by atoms with Crippen LogP contribution < -0.4 is 5.32 Å². The minimum atomic E-state index is -4.78. The van der Waals surface area contributed by atoms with Crippen molar-refractivity contribution in [1.82, 2.24) is 5.32 Å². The Kier molecular flexibility index (Phi) is 3.34. The van der Waals surface area contributed by atoms with Crippen molar-refractivity contribution in [2.24, 2.45) is 4.99 Å². The maximum atomic E-state index is 12.6. The van der Waals surface area contributed by atoms with Gasteiger partial charge in [-0.05, 0) is 12.2 Å². The molecule has 2 atom stereocenters. The van der Waals surface area contributed by atoms with E-state index in [-0.39, 0.29) is 0 Å². The van der Waals surface area contributed by atoms with Crippen molar-refractivity contribution in [2.75, 3.05) is 0 Å². The largest absolute Gasteiger partial charge is 0.479 e. The third kappa shape index (κ3) is 2.40. The lowest BCUT2D eigenvalue weighted by Gasteiger charge is -2.29. The molecule has 0 radical (unpaired) electrons. The molecule has 0 aromatic rings. The van der Waals surface area contributed by atoms with E-state index in [1.165, 1.54) is 0 Å². The first-order valence-electron chi connectivity index (χ1n) is 5.04. The van der Waals surface area contributed by atoms with Crippen LogP contribution in [0.25, 0.3) is 0 Å². The topological polar surface area (TPSA) is 78.8 Å². The molecule has 1 amide bonds. The molecule has 2 aliphatic rings. The zero-order chi connectivity index (χ0) is 15.3. The number of aliphatic imine (C=N–C) groups is 1. The number of halogens is 5. The fraction of sp³-hybridized carbons (Fsp3) is 0.300. The number of carboxylic acid groups (broad SMARTS) is 1. The number of carbonyl (C=O) groups is 2. The van der Waals surface area contributed by atoms with Crippen LogP contribution >= 0.6 is 23.2 Å². The van der Waals surface area contributed by atoms with Crippen LogP contribution in [0.15, 0.2) is 27.7 Å². The standard InChI is InChI=1S/C10H5Cl2F3N2O3/c11-4-2-9(12,8(19)20)1-3-5(4)16-7(10(13,14)15)17-6(3)18/h1-2,7H,(H,17,18)(H,19,20). The Bertz CT molecular complexity index is 597. The number of allylic oxidation sites excluding steroid dienone is 1. The summed E-state index contributed by atoms with van der Waals surface area (Å²) in [5.41, 5.74) is -0.842. The van der Waals surface area contributed by atoms with Crippen LogP contribution in [-0.2, 0) is 9.59 Å². The highest BCUT2D eigenvalue weighted by Gasteiger charge is 2.47. The first kappa shape index (κ1) is 14.9. The van der Waals surface area contributed by atoms with Crippen LogP contribution in [0.1, 0.15) is 0 Å². The molecule has 1 aliphatic heterocycles. The highest BCUT2D eigenvalue weighted by molar-refractivity contribution is 6.52. The SMILES string of the molecule is O=C1NC(C(F)(F)F)N=C2C(Cl)=CC(Cl)(C(=O)O)C=C12. The first-order valence-corrected chi connectivity index (χ1v) is 5.80. The Morgan fingerprint density at radius 1 is 1.45 bits per heavy atom. The Morgan fingerprint density at radius 3 is 2.55 bits per heavy atom. The fourth-order valence-electron chi connectivity index (χ4n) is 1.65. The van der Waals surface area contributed by atoms with Gasteiger partial charge in [-0.25, -0.2) is 9.79 Å². The lowest BCUT2D eigenvalue weighted by atomic mass is 9.93. The third-order valence-electron chi connectivity index (χ3n) is 2.58. The van der Waals surface area contributed by atoms with Gasteiger partial charge < -0.3 is 10.4 Å². The number of hydrogen-bond acceptors (Lipinski definition) is 3. The molecular weight excluding hydrogens is 324 g/mol. The predicted octanol–water partition coefficient (Wildman–Crippen LogP) is 1.57. The van der Waals surface area contributed by atoms with Gasteiger partial charge in [0.05, 0.1) is 16.3 Å². The van der Waals surface area contributed by atoms with Crippen molar-refractivity contribution < 1.29 is 27.9 Å². The van der Waals surface area contributed by atoms with Gasteiger partial charge in [0.15, 0.2) is 4.87 Å². The number of amides is 1. The molecule has 0 saturated heterocycles. The Balaban J connectivity index is 2.54. The molecule has 2 rings (SSSR count). The van der Waals surface area contributed by atoms with E-state index in [0.29, 0.717) is 0 Å². The highest BCUT2D eigenvalue weighted by Crippen LogP contribution is 2.35. The summed E-state index contributed by atoms with van der Waals surface area (Å²) < 4.78 is 37.7. The van der Waals surface area contributed by atoms with Gasteiger partial charge in [-0.15, -0.1) is 0 Å². The van der Waals surface area contributed by atoms with Crippen molar-refractivity contribution in [3.63, 3.8) is 0 Å². The van der Waals surface area contributed by atoms with E-state index < -0.39 is 45.4 Å². The zero-order valence-electron chi connectivity index (χ0n) is 9.33. The van der Waals surface area contributed by atoms with E-state index in [1.54, 1.807) is 5.32 Å². The minimum Gasteiger partial charge on any atom is -0.479 e. The number of nitrogens with zero attached hydrogens (tertiary/aromatic N) is 1. The molecule has 0 aromatic heterocycles. The fourth-order valence-corrected chi connectivity index (χ4v) is 2.24. The van der Waals surface area contributed by atoms with Gasteiger partial charge in [0.1, 0.15) is 0 Å². The van der Waals surface area contributed by atoms with Gasteiger partial charge >= 0.3 is 12.1 Å². The molecule has 2 unspecified atom stereocenters. The molecule has 108 valence electrons. The van der Waals surface area contributed by atoms with Gasteiger partial charge in [-0.3, -0.25) is 4.79 Å². The summed E-state index contributed by atoms with van der Waals surface area (Å²) in [6.45, 7) is 0. The van der Waals surface area contributed by atoms with E-state index in [4.69, 9.17) is 28.3 Å². The van der Waals surface area contributed by atoms with Gasteiger partial charge in [-0.1, -0.05) is 23.2 Å². The van der Waals surface area contributed by atoms with Gasteiger partial charge in [0.25, 0.3) is 5.91 Å². The average molecular weight is 329 g/mol. The number of carboxylic acids is 1. The summed E-state index contributed by atoms with van der Waals surface area (Å²) in [6.07, 6.45) is -5.61. The number of fused-ring (bicyclic) bond motifs is 1. The molecule has 0 spiro atoms. The lowest BCUT2D eigenvalue weighted by molar-refractivity contribution is -0.159. The van der Waals surface area contributed by atoms with Crippen LogP contribution in [0.2, 0.25) is 0 Å². The number of rotatable bonds is 1. The minimum absolute atomic E-state index is 0.407. The summed E-state index contributed by atoms with van der Waals surface area (Å²) in [5.74, 6) is -2.66. The van der Waals surface area contributed by atoms with Crippen molar-refractivity contribution in [2.45, 2.75) is 17.2 Å². The number of carbonyl (C=O) groups excluding carboxylic acids is 1. The highest BCUT2D eigenvalue weighted by atomic mass is 35.5. The molecular formula is C10H5Cl2F3N2O3. The van der Waals surface area contributed by atoms with Crippen LogP contribution in [0.4, 0.5) is 13.2 Å². The molecule has 1 heterocycles. The molecule has 10 heteroatoms. The summed E-state index contributed by atoms with van der Waals surface area (Å²) in [5, 5.41) is 10.1. The normalized spacial score (nSPS) is 29.8. The monoisotopic (exact) mass is 328 g/mol. The van der Waals surface area contributed by atoms with Crippen LogP contribution in [0.5, 0.6) is 0 Å². The Morgan fingerprint density at radius 2 is 2.05 bits per heavy atom. The molecule has 0 aromatic carbocycles. The van der Waals surface area contributed by atoms with Crippen LogP contribution in [0, 0.1) is 0 Å². The number of aliphatic carboxylic acids is 1. The van der Waals surface area contributed by atoms with Crippen molar-refractivity contribution in [3.8, 4) is 0 Å². The van der Waals surface area contributed by atoms with E-state index in [1.807, 2.05) is 0 Å². The smallest absolute Gasteiger partial charge is 0.429 e. The molecule has 0 saturated carbocycles. The summed E-state index contributed by atoms with van der Waals surface area (Å²) >= 11 is 11.4. The first-order chi connectivity index (χ1) is 9.04. The van der Waals surface area contributed by atoms with Gasteiger partial charge in [0, 0.05) is 0 Å². The second kappa shape index (κ2) is 4.49. The van der Waals surface area contributed by atoms with Crippen molar-refractivity contribution >= 4 is 40.8 Å². The Hall–Kier alpha value is -1.54. The Labute approximate surface area is 119 Å². The molecule has 20 heavy (non-hydrogen) atoms. The van der Waals surface area contributed by atoms with E-state index >= 15 is 0 Å². The van der Waals surface area contributed by atoms with Gasteiger partial charge in [-0.2, -0.15) is 13.2 Å². The maximum absolute atomic E-state index is 12.6. The van der Waals surface area contributed by atoms with Crippen LogP contribution in [-0.4, -0.2) is 39.9 Å². The zero-order valence-corrected chi connectivity index (χ0v) is 10.8. The molecule has 0 fully saturated rings. The molecule has 0 bridgehead atoms. The molecule has 2 N–H and O–H groups in total. The maximum Gasteiger partial charge on any atom is 0.429 e. The van der Waals surface area contributed by atoms with E-state index in [2.05, 4.69) is 4.99 Å². The summed E-state index contributed by atoms with van der Waals surface area (Å²) in [6, 6.07) is 0. The number of alkyl halides is 4. The van der Waals surface area contributed by atoms with Crippen LogP contribution in [0.3, 0.4) is 0 Å². The summed E-state index contributed by atoms with van der Waals surface area (Å²) in [4.78, 5) is 23.8. The summed E-state index contributed by atoms with van der Waals surface area (Å²) in [7, 11) is 0. The number of nitrogens with one attached hydrogen (secondary N) is 1. The van der Waals surface area contributed by atoms with Gasteiger partial charge in [0.2, 0.25) is 6.17 Å². The molecule has 1 aliphatic carbocycles. The van der Waals surface area contributed by atoms with Crippen molar-refractivity contribution in [3.05, 3.63) is 22.8 Å². The predicted molar refractivity (Wildman–Crippen MR) is 63.7 cm³/mol. The van der Waals surface area contributed by atoms with E-state index in [9.17, 15) is 22.8 Å².